The van der Waals surface area contributed by atoms with Crippen LogP contribution in [0.5, 0.6) is 0 Å². The van der Waals surface area contributed by atoms with Gasteiger partial charge in [-0.25, -0.2) is 9.78 Å². The summed E-state index contributed by atoms with van der Waals surface area (Å²) < 4.78 is 6.21. The van der Waals surface area contributed by atoms with Crippen LogP contribution in [-0.4, -0.2) is 22.6 Å². The van der Waals surface area contributed by atoms with Gasteiger partial charge in [-0.15, -0.1) is 11.3 Å². The Labute approximate surface area is 149 Å². The van der Waals surface area contributed by atoms with E-state index in [2.05, 4.69) is 11.1 Å². The van der Waals surface area contributed by atoms with Crippen LogP contribution < -0.4 is 5.56 Å². The first-order valence-electron chi connectivity index (χ1n) is 8.11. The molecule has 2 heterocycles. The number of methoxy groups -OCH3 is 1. The second-order valence-electron chi connectivity index (χ2n) is 6.05. The zero-order valence-electron chi connectivity index (χ0n) is 14.7. The molecule has 6 heteroatoms. The average molecular weight is 356 g/mol. The lowest BCUT2D eigenvalue weighted by molar-refractivity contribution is -0.144. The predicted molar refractivity (Wildman–Crippen MR) is 100 cm³/mol. The number of esters is 1. The smallest absolute Gasteiger partial charge is 0.329 e. The first-order valence-corrected chi connectivity index (χ1v) is 8.99. The SMILES string of the molecule is CCC(C(=O)OC)n1cnc2scc(-c3ccc(C)cc3C)c2c1=O. The van der Waals surface area contributed by atoms with Crippen molar-refractivity contribution in [2.24, 2.45) is 0 Å². The van der Waals surface area contributed by atoms with E-state index in [1.54, 1.807) is 0 Å². The fraction of sp³-hybridized carbons (Fsp3) is 0.316. The van der Waals surface area contributed by atoms with Gasteiger partial charge in [0.1, 0.15) is 10.9 Å². The second kappa shape index (κ2) is 6.80. The monoisotopic (exact) mass is 356 g/mol. The molecule has 0 radical (unpaired) electrons. The number of fused-ring (bicyclic) bond motifs is 1. The first-order chi connectivity index (χ1) is 12.0. The van der Waals surface area contributed by atoms with Gasteiger partial charge in [0.25, 0.3) is 5.56 Å². The van der Waals surface area contributed by atoms with E-state index in [0.717, 1.165) is 16.7 Å². The summed E-state index contributed by atoms with van der Waals surface area (Å²) in [5, 5.41) is 2.52. The molecule has 1 atom stereocenters. The number of ether oxygens (including phenoxy) is 1. The Morgan fingerprint density at radius 3 is 2.72 bits per heavy atom. The van der Waals surface area contributed by atoms with Crippen LogP contribution in [-0.2, 0) is 9.53 Å². The average Bonchev–Trinajstić information content (AvgIpc) is 3.02. The summed E-state index contributed by atoms with van der Waals surface area (Å²) in [6.07, 6.45) is 1.90. The number of thiophene rings is 1. The molecule has 0 bridgehead atoms. The van der Waals surface area contributed by atoms with Crippen LogP contribution in [0.4, 0.5) is 0 Å². The maximum absolute atomic E-state index is 13.1. The van der Waals surface area contributed by atoms with Crippen molar-refractivity contribution in [1.82, 2.24) is 9.55 Å². The van der Waals surface area contributed by atoms with Crippen molar-refractivity contribution < 1.29 is 9.53 Å². The lowest BCUT2D eigenvalue weighted by Gasteiger charge is -2.15. The molecule has 0 fully saturated rings. The van der Waals surface area contributed by atoms with Gasteiger partial charge in [0, 0.05) is 10.9 Å². The van der Waals surface area contributed by atoms with Gasteiger partial charge in [0.05, 0.1) is 18.8 Å². The van der Waals surface area contributed by atoms with Crippen molar-refractivity contribution in [3.05, 3.63) is 51.4 Å². The zero-order valence-corrected chi connectivity index (χ0v) is 15.5. The quantitative estimate of drug-likeness (QED) is 0.666. The van der Waals surface area contributed by atoms with E-state index in [9.17, 15) is 9.59 Å². The minimum absolute atomic E-state index is 0.210. The first kappa shape index (κ1) is 17.4. The van der Waals surface area contributed by atoms with Gasteiger partial charge in [-0.2, -0.15) is 0 Å². The van der Waals surface area contributed by atoms with E-state index in [1.165, 1.54) is 34.9 Å². The highest BCUT2D eigenvalue weighted by atomic mass is 32.1. The standard InChI is InChI=1S/C19H20N2O3S/c1-5-15(19(23)24-4)21-10-20-17-16(18(21)22)14(9-25-17)13-7-6-11(2)8-12(13)3/h6-10,15H,5H2,1-4H3. The molecule has 3 aromatic rings. The van der Waals surface area contributed by atoms with Gasteiger partial charge in [-0.3, -0.25) is 9.36 Å². The molecule has 0 aliphatic heterocycles. The van der Waals surface area contributed by atoms with Crippen LogP contribution in [0.1, 0.15) is 30.5 Å². The maximum Gasteiger partial charge on any atom is 0.329 e. The molecule has 0 amide bonds. The lowest BCUT2D eigenvalue weighted by Crippen LogP contribution is -2.30. The minimum atomic E-state index is -0.665. The van der Waals surface area contributed by atoms with E-state index >= 15 is 0 Å². The topological polar surface area (TPSA) is 61.2 Å². The Morgan fingerprint density at radius 1 is 1.32 bits per heavy atom. The number of hydrogen-bond acceptors (Lipinski definition) is 5. The number of benzene rings is 1. The van der Waals surface area contributed by atoms with Crippen LogP contribution in [0.15, 0.2) is 34.7 Å². The Morgan fingerprint density at radius 2 is 2.08 bits per heavy atom. The second-order valence-corrected chi connectivity index (χ2v) is 6.91. The van der Waals surface area contributed by atoms with E-state index in [4.69, 9.17) is 4.74 Å². The van der Waals surface area contributed by atoms with Crippen LogP contribution in [0, 0.1) is 13.8 Å². The van der Waals surface area contributed by atoms with Crippen molar-refractivity contribution in [1.29, 1.82) is 0 Å². The molecule has 0 saturated heterocycles. The number of carbonyl (C=O) groups is 1. The summed E-state index contributed by atoms with van der Waals surface area (Å²) in [5.41, 5.74) is 3.95. The number of nitrogens with zero attached hydrogens (tertiary/aromatic N) is 2. The molecule has 0 N–H and O–H groups in total. The van der Waals surface area contributed by atoms with Gasteiger partial charge in [-0.05, 0) is 31.4 Å². The highest BCUT2D eigenvalue weighted by Gasteiger charge is 2.23. The summed E-state index contributed by atoms with van der Waals surface area (Å²) in [5.74, 6) is -0.436. The van der Waals surface area contributed by atoms with E-state index in [-0.39, 0.29) is 5.56 Å². The molecule has 1 aromatic carbocycles. The van der Waals surface area contributed by atoms with Crippen molar-refractivity contribution in [3.63, 3.8) is 0 Å². The molecule has 130 valence electrons. The lowest BCUT2D eigenvalue weighted by atomic mass is 9.99. The van der Waals surface area contributed by atoms with E-state index < -0.39 is 12.0 Å². The van der Waals surface area contributed by atoms with Crippen LogP contribution >= 0.6 is 11.3 Å². The Balaban J connectivity index is 2.25. The third-order valence-corrected chi connectivity index (χ3v) is 5.27. The van der Waals surface area contributed by atoms with E-state index in [0.29, 0.717) is 16.6 Å². The maximum atomic E-state index is 13.1. The number of aryl methyl sites for hydroxylation is 2. The number of rotatable bonds is 4. The van der Waals surface area contributed by atoms with Gasteiger partial charge >= 0.3 is 5.97 Å². The molecule has 0 saturated carbocycles. The van der Waals surface area contributed by atoms with Crippen molar-refractivity contribution >= 4 is 27.5 Å². The fourth-order valence-electron chi connectivity index (χ4n) is 3.09. The van der Waals surface area contributed by atoms with Crippen LogP contribution in [0.2, 0.25) is 0 Å². The molecule has 0 aliphatic rings. The Kier molecular flexibility index (Phi) is 4.72. The Hall–Kier alpha value is -2.47. The minimum Gasteiger partial charge on any atom is -0.467 e. The summed E-state index contributed by atoms with van der Waals surface area (Å²) in [7, 11) is 1.33. The molecule has 3 rings (SSSR count). The third-order valence-electron chi connectivity index (χ3n) is 4.39. The molecule has 1 unspecified atom stereocenters. The van der Waals surface area contributed by atoms with Gasteiger partial charge < -0.3 is 4.74 Å². The highest BCUT2D eigenvalue weighted by Crippen LogP contribution is 2.33. The number of hydrogen-bond donors (Lipinski definition) is 0. The normalized spacial score (nSPS) is 12.3. The van der Waals surface area contributed by atoms with Gasteiger partial charge in [0.2, 0.25) is 0 Å². The van der Waals surface area contributed by atoms with Crippen molar-refractivity contribution in [2.45, 2.75) is 33.2 Å². The van der Waals surface area contributed by atoms with Crippen LogP contribution in [0.25, 0.3) is 21.3 Å². The fourth-order valence-corrected chi connectivity index (χ4v) is 3.99. The molecule has 5 nitrogen and oxygen atoms in total. The molecular formula is C19H20N2O3S. The molecular weight excluding hydrogens is 336 g/mol. The zero-order chi connectivity index (χ0) is 18.1. The third kappa shape index (κ3) is 2.98. The summed E-state index contributed by atoms with van der Waals surface area (Å²) >= 11 is 1.44. The number of aromatic nitrogens is 2. The van der Waals surface area contributed by atoms with Crippen molar-refractivity contribution in [3.8, 4) is 11.1 Å². The van der Waals surface area contributed by atoms with Gasteiger partial charge in [0.15, 0.2) is 0 Å². The largest absolute Gasteiger partial charge is 0.467 e. The summed E-state index contributed by atoms with van der Waals surface area (Å²) in [4.78, 5) is 30.2. The van der Waals surface area contributed by atoms with E-state index in [1.807, 2.05) is 38.3 Å². The highest BCUT2D eigenvalue weighted by molar-refractivity contribution is 7.17. The summed E-state index contributed by atoms with van der Waals surface area (Å²) in [6.45, 7) is 5.92. The molecule has 0 spiro atoms. The molecule has 2 aromatic heterocycles. The summed E-state index contributed by atoms with van der Waals surface area (Å²) in [6, 6.07) is 5.49. The van der Waals surface area contributed by atoms with Crippen LogP contribution in [0.3, 0.4) is 0 Å². The Bertz CT molecular complexity index is 1000. The predicted octanol–water partition coefficient (Wildman–Crippen LogP) is 3.87. The number of carbonyl (C=O) groups excluding carboxylic acids is 1. The molecule has 0 aliphatic carbocycles. The molecule has 25 heavy (non-hydrogen) atoms. The van der Waals surface area contributed by atoms with Gasteiger partial charge in [-0.1, -0.05) is 30.7 Å². The van der Waals surface area contributed by atoms with Crippen molar-refractivity contribution in [2.75, 3.05) is 7.11 Å².